The summed E-state index contributed by atoms with van der Waals surface area (Å²) in [6, 6.07) is 0.0509. The summed E-state index contributed by atoms with van der Waals surface area (Å²) >= 11 is 0. The molecule has 0 aromatic carbocycles. The average Bonchev–Trinajstić information content (AvgIpc) is 2.32. The van der Waals surface area contributed by atoms with Crippen LogP contribution in [0.25, 0.3) is 0 Å². The number of sulfonamides is 1. The van der Waals surface area contributed by atoms with Gasteiger partial charge in [-0.15, -0.1) is 0 Å². The third-order valence-corrected chi connectivity index (χ3v) is 3.01. The van der Waals surface area contributed by atoms with Crippen molar-refractivity contribution in [2.24, 2.45) is 5.92 Å². The normalized spacial score (nSPS) is 27.3. The van der Waals surface area contributed by atoms with Crippen LogP contribution in [0, 0.1) is 5.92 Å². The number of rotatable bonds is 3. The molecule has 0 aliphatic carbocycles. The maximum atomic E-state index is 10.9. The average molecular weight is 192 g/mol. The van der Waals surface area contributed by atoms with Gasteiger partial charge in [-0.05, 0) is 32.4 Å². The maximum Gasteiger partial charge on any atom is 0.208 e. The molecule has 2 unspecified atom stereocenters. The molecule has 2 atom stereocenters. The van der Waals surface area contributed by atoms with E-state index in [0.29, 0.717) is 5.92 Å². The molecule has 0 saturated carbocycles. The molecule has 0 amide bonds. The van der Waals surface area contributed by atoms with Crippen LogP contribution in [0.15, 0.2) is 0 Å². The van der Waals surface area contributed by atoms with E-state index in [1.165, 1.54) is 6.26 Å². The van der Waals surface area contributed by atoms with Gasteiger partial charge in [0, 0.05) is 6.04 Å². The number of hydrogen-bond acceptors (Lipinski definition) is 3. The zero-order valence-corrected chi connectivity index (χ0v) is 8.32. The molecule has 0 bridgehead atoms. The van der Waals surface area contributed by atoms with Gasteiger partial charge in [0.15, 0.2) is 0 Å². The molecule has 1 rings (SSSR count). The van der Waals surface area contributed by atoms with Crippen molar-refractivity contribution in [2.45, 2.75) is 19.4 Å². The van der Waals surface area contributed by atoms with E-state index in [4.69, 9.17) is 0 Å². The molecule has 0 spiro atoms. The van der Waals surface area contributed by atoms with Crippen molar-refractivity contribution in [3.05, 3.63) is 0 Å². The monoisotopic (exact) mass is 192 g/mol. The third-order valence-electron chi connectivity index (χ3n) is 2.21. The summed E-state index contributed by atoms with van der Waals surface area (Å²) in [4.78, 5) is 0. The zero-order chi connectivity index (χ0) is 9.19. The van der Waals surface area contributed by atoms with Crippen LogP contribution in [-0.4, -0.2) is 33.8 Å². The summed E-state index contributed by atoms with van der Waals surface area (Å²) < 4.78 is 24.3. The van der Waals surface area contributed by atoms with E-state index in [9.17, 15) is 8.42 Å². The predicted octanol–water partition coefficient (Wildman–Crippen LogP) is -0.466. The van der Waals surface area contributed by atoms with Gasteiger partial charge in [0.25, 0.3) is 0 Å². The van der Waals surface area contributed by atoms with E-state index < -0.39 is 10.0 Å². The van der Waals surface area contributed by atoms with Crippen molar-refractivity contribution >= 4 is 10.0 Å². The summed E-state index contributed by atoms with van der Waals surface area (Å²) in [5.41, 5.74) is 0. The van der Waals surface area contributed by atoms with Crippen LogP contribution in [0.3, 0.4) is 0 Å². The van der Waals surface area contributed by atoms with Crippen LogP contribution in [0.2, 0.25) is 0 Å². The Labute approximate surface area is 73.8 Å². The lowest BCUT2D eigenvalue weighted by Gasteiger charge is -2.17. The molecular weight excluding hydrogens is 176 g/mol. The molecule has 2 N–H and O–H groups in total. The van der Waals surface area contributed by atoms with Gasteiger partial charge >= 0.3 is 0 Å². The topological polar surface area (TPSA) is 58.2 Å². The smallest absolute Gasteiger partial charge is 0.208 e. The van der Waals surface area contributed by atoms with Crippen molar-refractivity contribution in [1.82, 2.24) is 10.0 Å². The Balaban J connectivity index is 2.42. The standard InChI is InChI=1S/C7H16N2O2S/c1-6(9-12(2,10)11)7-3-4-8-5-7/h6-9H,3-5H2,1-2H3. The van der Waals surface area contributed by atoms with Crippen molar-refractivity contribution in [1.29, 1.82) is 0 Å². The van der Waals surface area contributed by atoms with Gasteiger partial charge in [-0.1, -0.05) is 0 Å². The van der Waals surface area contributed by atoms with Crippen molar-refractivity contribution in [3.63, 3.8) is 0 Å². The second-order valence-corrected chi connectivity index (χ2v) is 5.21. The van der Waals surface area contributed by atoms with Crippen LogP contribution in [0.5, 0.6) is 0 Å². The van der Waals surface area contributed by atoms with Crippen molar-refractivity contribution in [3.8, 4) is 0 Å². The van der Waals surface area contributed by atoms with Crippen LogP contribution in [0.1, 0.15) is 13.3 Å². The molecule has 1 heterocycles. The molecule has 0 aromatic heterocycles. The highest BCUT2D eigenvalue weighted by Gasteiger charge is 2.22. The Kier molecular flexibility index (Phi) is 3.09. The Morgan fingerprint density at radius 1 is 1.58 bits per heavy atom. The summed E-state index contributed by atoms with van der Waals surface area (Å²) in [7, 11) is -3.04. The van der Waals surface area contributed by atoms with Crippen LogP contribution < -0.4 is 10.0 Å². The van der Waals surface area contributed by atoms with E-state index in [2.05, 4.69) is 10.0 Å². The largest absolute Gasteiger partial charge is 0.316 e. The first-order valence-electron chi connectivity index (χ1n) is 4.17. The molecule has 12 heavy (non-hydrogen) atoms. The Morgan fingerprint density at radius 2 is 2.25 bits per heavy atom. The SMILES string of the molecule is CC(NS(C)(=O)=O)C1CCNC1. The van der Waals surface area contributed by atoms with Gasteiger partial charge in [0.2, 0.25) is 10.0 Å². The summed E-state index contributed by atoms with van der Waals surface area (Å²) in [5, 5.41) is 3.20. The number of hydrogen-bond donors (Lipinski definition) is 2. The molecule has 0 radical (unpaired) electrons. The second-order valence-electron chi connectivity index (χ2n) is 3.43. The number of nitrogens with one attached hydrogen (secondary N) is 2. The lowest BCUT2D eigenvalue weighted by Crippen LogP contribution is -2.38. The highest BCUT2D eigenvalue weighted by molar-refractivity contribution is 7.88. The lowest BCUT2D eigenvalue weighted by molar-refractivity contribution is 0.446. The molecule has 1 fully saturated rings. The highest BCUT2D eigenvalue weighted by Crippen LogP contribution is 2.12. The second kappa shape index (κ2) is 3.72. The minimum absolute atomic E-state index is 0.0509. The maximum absolute atomic E-state index is 10.9. The van der Waals surface area contributed by atoms with E-state index in [1.807, 2.05) is 6.92 Å². The fourth-order valence-electron chi connectivity index (χ4n) is 1.54. The van der Waals surface area contributed by atoms with Gasteiger partial charge < -0.3 is 5.32 Å². The molecule has 72 valence electrons. The van der Waals surface area contributed by atoms with Crippen LogP contribution in [0.4, 0.5) is 0 Å². The summed E-state index contributed by atoms with van der Waals surface area (Å²) in [6.45, 7) is 3.84. The van der Waals surface area contributed by atoms with E-state index in [1.54, 1.807) is 0 Å². The Hall–Kier alpha value is -0.130. The molecule has 1 saturated heterocycles. The van der Waals surface area contributed by atoms with E-state index in [-0.39, 0.29) is 6.04 Å². The molecule has 1 aliphatic heterocycles. The van der Waals surface area contributed by atoms with Crippen LogP contribution >= 0.6 is 0 Å². The van der Waals surface area contributed by atoms with Gasteiger partial charge in [-0.2, -0.15) is 0 Å². The predicted molar refractivity (Wildman–Crippen MR) is 48.4 cm³/mol. The summed E-state index contributed by atoms with van der Waals surface area (Å²) in [5.74, 6) is 0.444. The molecule has 4 nitrogen and oxygen atoms in total. The van der Waals surface area contributed by atoms with Gasteiger partial charge in [0.05, 0.1) is 6.26 Å². The quantitative estimate of drug-likeness (QED) is 0.636. The van der Waals surface area contributed by atoms with Crippen molar-refractivity contribution in [2.75, 3.05) is 19.3 Å². The third kappa shape index (κ3) is 3.08. The van der Waals surface area contributed by atoms with E-state index >= 15 is 0 Å². The first-order valence-corrected chi connectivity index (χ1v) is 6.06. The van der Waals surface area contributed by atoms with Crippen molar-refractivity contribution < 1.29 is 8.42 Å². The Bertz CT molecular complexity index is 232. The lowest BCUT2D eigenvalue weighted by atomic mass is 10.0. The Morgan fingerprint density at radius 3 is 2.67 bits per heavy atom. The fraction of sp³-hybridized carbons (Fsp3) is 1.00. The zero-order valence-electron chi connectivity index (χ0n) is 7.50. The molecule has 1 aliphatic rings. The highest BCUT2D eigenvalue weighted by atomic mass is 32.2. The molecular formula is C7H16N2O2S. The van der Waals surface area contributed by atoms with Gasteiger partial charge in [-0.3, -0.25) is 0 Å². The molecule has 5 heteroatoms. The minimum Gasteiger partial charge on any atom is -0.316 e. The summed E-state index contributed by atoms with van der Waals surface area (Å²) in [6.07, 6.45) is 2.26. The van der Waals surface area contributed by atoms with Gasteiger partial charge in [-0.25, -0.2) is 13.1 Å². The first kappa shape index (κ1) is 9.95. The first-order chi connectivity index (χ1) is 5.49. The molecule has 0 aromatic rings. The van der Waals surface area contributed by atoms with Crippen LogP contribution in [-0.2, 0) is 10.0 Å². The van der Waals surface area contributed by atoms with Gasteiger partial charge in [0.1, 0.15) is 0 Å². The minimum atomic E-state index is -3.04. The fourth-order valence-corrected chi connectivity index (χ4v) is 2.41. The van der Waals surface area contributed by atoms with E-state index in [0.717, 1.165) is 19.5 Å².